The zero-order valence-electron chi connectivity index (χ0n) is 13.6. The average Bonchev–Trinajstić information content (AvgIpc) is 2.63. The van der Waals surface area contributed by atoms with Crippen LogP contribution in [0.5, 0.6) is 5.75 Å². The number of nitrogens with zero attached hydrogens (tertiary/aromatic N) is 1. The summed E-state index contributed by atoms with van der Waals surface area (Å²) in [5, 5.41) is 2.65. The Morgan fingerprint density at radius 3 is 2.88 bits per heavy atom. The van der Waals surface area contributed by atoms with Gasteiger partial charge in [-0.3, -0.25) is 9.78 Å². The number of hydrogen-bond donors (Lipinski definition) is 1. The summed E-state index contributed by atoms with van der Waals surface area (Å²) in [5.41, 5.74) is 1.25. The van der Waals surface area contributed by atoms with E-state index >= 15 is 0 Å². The molecular formula is C18H17BrN2O4. The molecular weight excluding hydrogens is 388 g/mol. The van der Waals surface area contributed by atoms with Gasteiger partial charge in [0.05, 0.1) is 19.2 Å². The van der Waals surface area contributed by atoms with Crippen molar-refractivity contribution >= 4 is 33.9 Å². The van der Waals surface area contributed by atoms with Gasteiger partial charge in [0.25, 0.3) is 5.91 Å². The lowest BCUT2D eigenvalue weighted by atomic mass is 10.2. The molecule has 0 aliphatic carbocycles. The van der Waals surface area contributed by atoms with Gasteiger partial charge in [0.15, 0.2) is 0 Å². The van der Waals surface area contributed by atoms with Crippen LogP contribution in [-0.2, 0) is 9.53 Å². The van der Waals surface area contributed by atoms with Gasteiger partial charge in [0, 0.05) is 22.9 Å². The van der Waals surface area contributed by atoms with Crippen LogP contribution >= 0.6 is 15.9 Å². The molecule has 0 fully saturated rings. The van der Waals surface area contributed by atoms with Crippen molar-refractivity contribution in [1.82, 2.24) is 10.3 Å². The summed E-state index contributed by atoms with van der Waals surface area (Å²) < 4.78 is 10.9. The molecule has 0 aliphatic heterocycles. The largest absolute Gasteiger partial charge is 0.497 e. The predicted molar refractivity (Wildman–Crippen MR) is 97.3 cm³/mol. The van der Waals surface area contributed by atoms with Crippen molar-refractivity contribution in [2.24, 2.45) is 0 Å². The van der Waals surface area contributed by atoms with Crippen LogP contribution in [0.15, 0.2) is 53.3 Å². The van der Waals surface area contributed by atoms with Crippen LogP contribution in [-0.4, -0.2) is 37.1 Å². The molecule has 1 amide bonds. The Kier molecular flexibility index (Phi) is 7.16. The van der Waals surface area contributed by atoms with E-state index < -0.39 is 5.97 Å². The summed E-state index contributed by atoms with van der Waals surface area (Å²) in [6, 6.07) is 8.95. The van der Waals surface area contributed by atoms with Crippen LogP contribution in [0.2, 0.25) is 0 Å². The molecule has 6 nitrogen and oxygen atoms in total. The third kappa shape index (κ3) is 6.39. The van der Waals surface area contributed by atoms with Gasteiger partial charge in [-0.1, -0.05) is 12.1 Å². The normalized spacial score (nSPS) is 10.5. The van der Waals surface area contributed by atoms with Crippen molar-refractivity contribution in [3.63, 3.8) is 0 Å². The van der Waals surface area contributed by atoms with E-state index in [1.165, 1.54) is 12.3 Å². The van der Waals surface area contributed by atoms with E-state index in [1.807, 2.05) is 18.2 Å². The van der Waals surface area contributed by atoms with Crippen LogP contribution in [0.25, 0.3) is 6.08 Å². The maximum absolute atomic E-state index is 11.9. The number of halogens is 1. The first-order valence-electron chi connectivity index (χ1n) is 7.46. The Morgan fingerprint density at radius 1 is 1.28 bits per heavy atom. The van der Waals surface area contributed by atoms with E-state index in [1.54, 1.807) is 31.5 Å². The second-order valence-corrected chi connectivity index (χ2v) is 5.84. The molecule has 1 heterocycles. The maximum Gasteiger partial charge on any atom is 0.330 e. The van der Waals surface area contributed by atoms with E-state index in [0.717, 1.165) is 5.56 Å². The van der Waals surface area contributed by atoms with E-state index in [0.29, 0.717) is 15.8 Å². The van der Waals surface area contributed by atoms with Gasteiger partial charge < -0.3 is 14.8 Å². The number of methoxy groups -OCH3 is 1. The zero-order valence-corrected chi connectivity index (χ0v) is 15.2. The lowest BCUT2D eigenvalue weighted by molar-refractivity contribution is -0.137. The van der Waals surface area contributed by atoms with Gasteiger partial charge in [-0.05, 0) is 45.8 Å². The first-order valence-corrected chi connectivity index (χ1v) is 8.25. The number of amides is 1. The standard InChI is InChI=1S/C18H17BrN2O4/c1-24-16-4-2-3-13(9-16)5-6-17(22)25-8-7-21-18(23)14-10-15(19)12-20-11-14/h2-6,9-12H,7-8H2,1H3,(H,21,23)/b6-5+. The fourth-order valence-electron chi connectivity index (χ4n) is 1.91. The highest BCUT2D eigenvalue weighted by Gasteiger charge is 2.06. The van der Waals surface area contributed by atoms with Gasteiger partial charge in [0.2, 0.25) is 0 Å². The number of aromatic nitrogens is 1. The van der Waals surface area contributed by atoms with Crippen molar-refractivity contribution < 1.29 is 19.1 Å². The Bertz CT molecular complexity index is 777. The number of rotatable bonds is 7. The first-order chi connectivity index (χ1) is 12.1. The van der Waals surface area contributed by atoms with Crippen molar-refractivity contribution in [2.45, 2.75) is 0 Å². The summed E-state index contributed by atoms with van der Waals surface area (Å²) in [6.07, 6.45) is 6.02. The molecule has 1 aromatic carbocycles. The molecule has 0 unspecified atom stereocenters. The summed E-state index contributed by atoms with van der Waals surface area (Å²) in [5.74, 6) is -0.0572. The van der Waals surface area contributed by atoms with E-state index in [2.05, 4.69) is 26.2 Å². The quantitative estimate of drug-likeness (QED) is 0.436. The highest BCUT2D eigenvalue weighted by Crippen LogP contribution is 2.13. The van der Waals surface area contributed by atoms with Gasteiger partial charge >= 0.3 is 5.97 Å². The topological polar surface area (TPSA) is 77.5 Å². The van der Waals surface area contributed by atoms with E-state index in [9.17, 15) is 9.59 Å². The Morgan fingerprint density at radius 2 is 2.12 bits per heavy atom. The average molecular weight is 405 g/mol. The Balaban J connectivity index is 1.73. The molecule has 1 N–H and O–H groups in total. The Labute approximate surface area is 154 Å². The number of carbonyl (C=O) groups is 2. The van der Waals surface area contributed by atoms with Gasteiger partial charge in [-0.25, -0.2) is 4.79 Å². The summed E-state index contributed by atoms with van der Waals surface area (Å²) >= 11 is 3.25. The lowest BCUT2D eigenvalue weighted by Crippen LogP contribution is -2.27. The fourth-order valence-corrected chi connectivity index (χ4v) is 2.28. The molecule has 0 bridgehead atoms. The van der Waals surface area contributed by atoms with Crippen LogP contribution in [0.1, 0.15) is 15.9 Å². The van der Waals surface area contributed by atoms with E-state index in [-0.39, 0.29) is 19.1 Å². The number of pyridine rings is 1. The molecule has 0 saturated heterocycles. The van der Waals surface area contributed by atoms with Crippen molar-refractivity contribution in [2.75, 3.05) is 20.3 Å². The zero-order chi connectivity index (χ0) is 18.1. The van der Waals surface area contributed by atoms with Crippen molar-refractivity contribution in [1.29, 1.82) is 0 Å². The minimum Gasteiger partial charge on any atom is -0.497 e. The smallest absolute Gasteiger partial charge is 0.330 e. The number of ether oxygens (including phenoxy) is 2. The van der Waals surface area contributed by atoms with Gasteiger partial charge in [0.1, 0.15) is 12.4 Å². The van der Waals surface area contributed by atoms with Crippen LogP contribution in [0.4, 0.5) is 0 Å². The summed E-state index contributed by atoms with van der Waals surface area (Å²) in [6.45, 7) is 0.290. The third-order valence-corrected chi connectivity index (χ3v) is 3.54. The molecule has 0 atom stereocenters. The highest BCUT2D eigenvalue weighted by molar-refractivity contribution is 9.10. The molecule has 130 valence electrons. The van der Waals surface area contributed by atoms with Crippen molar-refractivity contribution in [3.8, 4) is 5.75 Å². The molecule has 25 heavy (non-hydrogen) atoms. The molecule has 0 aliphatic rings. The minimum absolute atomic E-state index is 0.0778. The molecule has 2 rings (SSSR count). The fraction of sp³-hybridized carbons (Fsp3) is 0.167. The number of benzene rings is 1. The van der Waals surface area contributed by atoms with Crippen LogP contribution in [0.3, 0.4) is 0 Å². The lowest BCUT2D eigenvalue weighted by Gasteiger charge is -2.05. The number of nitrogens with one attached hydrogen (secondary N) is 1. The second kappa shape index (κ2) is 9.58. The molecule has 2 aromatic rings. The maximum atomic E-state index is 11.9. The molecule has 0 spiro atoms. The summed E-state index contributed by atoms with van der Waals surface area (Å²) in [4.78, 5) is 27.5. The van der Waals surface area contributed by atoms with Crippen molar-refractivity contribution in [3.05, 3.63) is 64.4 Å². The van der Waals surface area contributed by atoms with Crippen LogP contribution < -0.4 is 10.1 Å². The monoisotopic (exact) mass is 404 g/mol. The number of esters is 1. The second-order valence-electron chi connectivity index (χ2n) is 4.93. The van der Waals surface area contributed by atoms with Gasteiger partial charge in [-0.2, -0.15) is 0 Å². The Hall–Kier alpha value is -2.67. The van der Waals surface area contributed by atoms with E-state index in [4.69, 9.17) is 9.47 Å². The predicted octanol–water partition coefficient (Wildman–Crippen LogP) is 2.84. The van der Waals surface area contributed by atoms with Crippen LogP contribution in [0, 0.1) is 0 Å². The molecule has 1 aromatic heterocycles. The first kappa shape index (κ1) is 18.7. The highest BCUT2D eigenvalue weighted by atomic mass is 79.9. The third-order valence-electron chi connectivity index (χ3n) is 3.10. The van der Waals surface area contributed by atoms with Gasteiger partial charge in [-0.15, -0.1) is 0 Å². The number of hydrogen-bond acceptors (Lipinski definition) is 5. The molecule has 0 saturated carbocycles. The molecule has 7 heteroatoms. The molecule has 0 radical (unpaired) electrons. The SMILES string of the molecule is COc1cccc(/C=C/C(=O)OCCNC(=O)c2cncc(Br)c2)c1. The minimum atomic E-state index is -0.485. The summed E-state index contributed by atoms with van der Waals surface area (Å²) in [7, 11) is 1.58. The number of carbonyl (C=O) groups excluding carboxylic acids is 2.